The zero-order valence-electron chi connectivity index (χ0n) is 9.55. The van der Waals surface area contributed by atoms with Crippen LogP contribution in [0, 0.1) is 5.95 Å². The van der Waals surface area contributed by atoms with Gasteiger partial charge in [0.25, 0.3) is 0 Å². The molecule has 0 saturated heterocycles. The predicted octanol–water partition coefficient (Wildman–Crippen LogP) is 1.55. The summed E-state index contributed by atoms with van der Waals surface area (Å²) >= 11 is 3.21. The SMILES string of the molecule is OCCCc1cn(Cc2ccc(F)nc2Br)nn1. The molecule has 18 heavy (non-hydrogen) atoms. The molecule has 0 aliphatic heterocycles. The van der Waals surface area contributed by atoms with Crippen LogP contribution in [0.5, 0.6) is 0 Å². The second-order valence-electron chi connectivity index (χ2n) is 3.82. The smallest absolute Gasteiger partial charge is 0.213 e. The molecule has 0 spiro atoms. The highest BCUT2D eigenvalue weighted by atomic mass is 79.9. The molecule has 0 amide bonds. The Morgan fingerprint density at radius 2 is 2.22 bits per heavy atom. The van der Waals surface area contributed by atoms with Crippen LogP contribution in [-0.2, 0) is 13.0 Å². The molecule has 96 valence electrons. The van der Waals surface area contributed by atoms with E-state index in [1.165, 1.54) is 6.07 Å². The first-order valence-electron chi connectivity index (χ1n) is 5.50. The molecule has 0 aliphatic rings. The number of hydrogen-bond donors (Lipinski definition) is 1. The summed E-state index contributed by atoms with van der Waals surface area (Å²) in [6.07, 6.45) is 3.17. The zero-order chi connectivity index (χ0) is 13.0. The fourth-order valence-electron chi connectivity index (χ4n) is 1.52. The summed E-state index contributed by atoms with van der Waals surface area (Å²) in [6.45, 7) is 0.611. The van der Waals surface area contributed by atoms with Gasteiger partial charge in [0, 0.05) is 18.4 Å². The first-order chi connectivity index (χ1) is 8.69. The number of aliphatic hydroxyl groups excluding tert-OH is 1. The Kier molecular flexibility index (Phi) is 4.38. The number of rotatable bonds is 5. The third kappa shape index (κ3) is 3.33. The summed E-state index contributed by atoms with van der Waals surface area (Å²) in [6, 6.07) is 2.96. The Labute approximate surface area is 112 Å². The zero-order valence-corrected chi connectivity index (χ0v) is 11.1. The molecule has 2 aromatic heterocycles. The van der Waals surface area contributed by atoms with Gasteiger partial charge in [-0.3, -0.25) is 0 Å². The van der Waals surface area contributed by atoms with E-state index in [0.717, 1.165) is 11.3 Å². The minimum Gasteiger partial charge on any atom is -0.396 e. The first-order valence-corrected chi connectivity index (χ1v) is 6.29. The maximum absolute atomic E-state index is 12.8. The van der Waals surface area contributed by atoms with Crippen molar-refractivity contribution in [2.45, 2.75) is 19.4 Å². The lowest BCUT2D eigenvalue weighted by atomic mass is 10.2. The lowest BCUT2D eigenvalue weighted by Gasteiger charge is -2.02. The molecule has 0 aromatic carbocycles. The Morgan fingerprint density at radius 3 is 2.94 bits per heavy atom. The number of hydrogen-bond acceptors (Lipinski definition) is 4. The molecule has 0 saturated carbocycles. The molecule has 0 radical (unpaired) electrons. The number of aromatic nitrogens is 4. The molecule has 0 fully saturated rings. The summed E-state index contributed by atoms with van der Waals surface area (Å²) in [7, 11) is 0. The third-order valence-corrected chi connectivity index (χ3v) is 3.09. The van der Waals surface area contributed by atoms with E-state index in [0.29, 0.717) is 24.0 Å². The Bertz CT molecular complexity index is 532. The number of halogens is 2. The number of pyridine rings is 1. The molecule has 5 nitrogen and oxygen atoms in total. The molecule has 0 bridgehead atoms. The van der Waals surface area contributed by atoms with Crippen molar-refractivity contribution in [3.63, 3.8) is 0 Å². The van der Waals surface area contributed by atoms with Crippen molar-refractivity contribution in [2.24, 2.45) is 0 Å². The Hall–Kier alpha value is -1.34. The highest BCUT2D eigenvalue weighted by Gasteiger charge is 2.06. The van der Waals surface area contributed by atoms with Crippen LogP contribution < -0.4 is 0 Å². The van der Waals surface area contributed by atoms with E-state index in [2.05, 4.69) is 31.2 Å². The molecule has 1 N–H and O–H groups in total. The fourth-order valence-corrected chi connectivity index (χ4v) is 1.95. The van der Waals surface area contributed by atoms with Crippen molar-refractivity contribution < 1.29 is 9.50 Å². The first kappa shape index (κ1) is 13.1. The van der Waals surface area contributed by atoms with Crippen molar-refractivity contribution in [2.75, 3.05) is 6.61 Å². The van der Waals surface area contributed by atoms with E-state index in [1.807, 2.05) is 6.20 Å². The van der Waals surface area contributed by atoms with Crippen LogP contribution in [0.1, 0.15) is 17.7 Å². The minimum absolute atomic E-state index is 0.139. The molecule has 2 heterocycles. The number of aliphatic hydroxyl groups is 1. The van der Waals surface area contributed by atoms with Crippen molar-refractivity contribution in [3.05, 3.63) is 40.1 Å². The highest BCUT2D eigenvalue weighted by molar-refractivity contribution is 9.10. The van der Waals surface area contributed by atoms with Crippen LogP contribution >= 0.6 is 15.9 Å². The van der Waals surface area contributed by atoms with Gasteiger partial charge in [0.15, 0.2) is 0 Å². The molecule has 0 atom stereocenters. The highest BCUT2D eigenvalue weighted by Crippen LogP contribution is 2.15. The van der Waals surface area contributed by atoms with Crippen molar-refractivity contribution >= 4 is 15.9 Å². The normalized spacial score (nSPS) is 10.8. The fraction of sp³-hybridized carbons (Fsp3) is 0.364. The van der Waals surface area contributed by atoms with Gasteiger partial charge < -0.3 is 5.11 Å². The topological polar surface area (TPSA) is 63.8 Å². The van der Waals surface area contributed by atoms with Gasteiger partial charge in [-0.25, -0.2) is 9.67 Å². The van der Waals surface area contributed by atoms with Crippen LogP contribution in [0.2, 0.25) is 0 Å². The van der Waals surface area contributed by atoms with Crippen LogP contribution in [0.4, 0.5) is 4.39 Å². The van der Waals surface area contributed by atoms with E-state index < -0.39 is 5.95 Å². The van der Waals surface area contributed by atoms with E-state index >= 15 is 0 Å². The summed E-state index contributed by atoms with van der Waals surface area (Å²) in [5, 5.41) is 16.7. The predicted molar refractivity (Wildman–Crippen MR) is 66.4 cm³/mol. The van der Waals surface area contributed by atoms with E-state index in [1.54, 1.807) is 10.7 Å². The van der Waals surface area contributed by atoms with Crippen LogP contribution in [0.3, 0.4) is 0 Å². The van der Waals surface area contributed by atoms with Gasteiger partial charge in [-0.2, -0.15) is 4.39 Å². The molecule has 0 aliphatic carbocycles. The van der Waals surface area contributed by atoms with Crippen molar-refractivity contribution in [1.82, 2.24) is 20.0 Å². The van der Waals surface area contributed by atoms with Crippen LogP contribution in [0.15, 0.2) is 22.9 Å². The lowest BCUT2D eigenvalue weighted by Crippen LogP contribution is -2.02. The maximum Gasteiger partial charge on any atom is 0.213 e. The average Bonchev–Trinajstić information content (AvgIpc) is 2.78. The molecule has 7 heteroatoms. The van der Waals surface area contributed by atoms with Gasteiger partial charge in [-0.05, 0) is 40.9 Å². The summed E-state index contributed by atoms with van der Waals surface area (Å²) < 4.78 is 15.0. The maximum atomic E-state index is 12.8. The van der Waals surface area contributed by atoms with Gasteiger partial charge in [0.05, 0.1) is 12.2 Å². The number of nitrogens with zero attached hydrogens (tertiary/aromatic N) is 4. The summed E-state index contributed by atoms with van der Waals surface area (Å²) in [4.78, 5) is 3.68. The second kappa shape index (κ2) is 6.01. The molecule has 0 unspecified atom stereocenters. The van der Waals surface area contributed by atoms with E-state index in [-0.39, 0.29) is 6.61 Å². The molecular formula is C11H12BrFN4O. The lowest BCUT2D eigenvalue weighted by molar-refractivity contribution is 0.288. The number of aryl methyl sites for hydroxylation is 1. The Balaban J connectivity index is 2.06. The van der Waals surface area contributed by atoms with Crippen molar-refractivity contribution in [3.8, 4) is 0 Å². The van der Waals surface area contributed by atoms with Gasteiger partial charge in [-0.1, -0.05) is 5.21 Å². The molecule has 2 aromatic rings. The van der Waals surface area contributed by atoms with Crippen molar-refractivity contribution in [1.29, 1.82) is 0 Å². The Morgan fingerprint density at radius 1 is 1.39 bits per heavy atom. The van der Waals surface area contributed by atoms with E-state index in [9.17, 15) is 4.39 Å². The van der Waals surface area contributed by atoms with Crippen LogP contribution in [-0.4, -0.2) is 31.7 Å². The quantitative estimate of drug-likeness (QED) is 0.850. The largest absolute Gasteiger partial charge is 0.396 e. The molecular weight excluding hydrogens is 303 g/mol. The minimum atomic E-state index is -0.521. The monoisotopic (exact) mass is 314 g/mol. The summed E-state index contributed by atoms with van der Waals surface area (Å²) in [5.74, 6) is -0.521. The third-order valence-electron chi connectivity index (χ3n) is 2.40. The second-order valence-corrected chi connectivity index (χ2v) is 4.57. The summed E-state index contributed by atoms with van der Waals surface area (Å²) in [5.41, 5.74) is 1.66. The standard InChI is InChI=1S/C11H12BrFN4O/c12-11-8(3-4-10(13)14-11)6-17-7-9(15-16-17)2-1-5-18/h3-4,7,18H,1-2,5-6H2. The van der Waals surface area contributed by atoms with E-state index in [4.69, 9.17) is 5.11 Å². The average molecular weight is 315 g/mol. The molecule has 2 rings (SSSR count). The van der Waals surface area contributed by atoms with Crippen LogP contribution in [0.25, 0.3) is 0 Å². The van der Waals surface area contributed by atoms with Gasteiger partial charge in [0.1, 0.15) is 4.60 Å². The van der Waals surface area contributed by atoms with Gasteiger partial charge >= 0.3 is 0 Å². The van der Waals surface area contributed by atoms with Gasteiger partial charge in [-0.15, -0.1) is 5.10 Å². The van der Waals surface area contributed by atoms with Gasteiger partial charge in [0.2, 0.25) is 5.95 Å².